The molecular weight excluding hydrogens is 366 g/mol. The zero-order chi connectivity index (χ0) is 20.0. The molecule has 1 aliphatic heterocycles. The first-order valence-electron chi connectivity index (χ1n) is 8.42. The van der Waals surface area contributed by atoms with E-state index >= 15 is 0 Å². The Balaban J connectivity index is 2.42. The summed E-state index contributed by atoms with van der Waals surface area (Å²) >= 11 is 5.54. The Morgan fingerprint density at radius 2 is 2.04 bits per heavy atom. The number of allylic oxidation sites excluding steroid dienone is 1. The van der Waals surface area contributed by atoms with Crippen LogP contribution in [0.2, 0.25) is 0 Å². The molecule has 0 radical (unpaired) electrons. The Labute approximate surface area is 164 Å². The summed E-state index contributed by atoms with van der Waals surface area (Å²) in [6.07, 6.45) is 0. The van der Waals surface area contributed by atoms with Crippen molar-refractivity contribution >= 4 is 23.3 Å². The second-order valence-electron chi connectivity index (χ2n) is 6.06. The van der Waals surface area contributed by atoms with Crippen molar-refractivity contribution in [1.29, 1.82) is 5.26 Å². The Morgan fingerprint density at radius 1 is 1.37 bits per heavy atom. The topological polar surface area (TPSA) is 83.8 Å². The molecule has 0 saturated heterocycles. The van der Waals surface area contributed by atoms with Gasteiger partial charge in [-0.3, -0.25) is 0 Å². The molecule has 0 unspecified atom stereocenters. The molecule has 1 aromatic rings. The van der Waals surface area contributed by atoms with Gasteiger partial charge in [0, 0.05) is 12.8 Å². The van der Waals surface area contributed by atoms with Crippen LogP contribution in [0.25, 0.3) is 0 Å². The number of carbonyl (C=O) groups is 1. The van der Waals surface area contributed by atoms with Gasteiger partial charge < -0.3 is 24.4 Å². The largest absolute Gasteiger partial charge is 0.479 e. The van der Waals surface area contributed by atoms with Crippen LogP contribution in [0, 0.1) is 11.3 Å². The molecular formula is C19H23N3O4S. The maximum atomic E-state index is 12.5. The number of rotatable bonds is 7. The summed E-state index contributed by atoms with van der Waals surface area (Å²) < 4.78 is 15.5. The molecule has 0 bridgehead atoms. The van der Waals surface area contributed by atoms with Gasteiger partial charge in [0.1, 0.15) is 11.8 Å². The lowest BCUT2D eigenvalue weighted by molar-refractivity contribution is -0.136. The van der Waals surface area contributed by atoms with Crippen LogP contribution in [0.4, 0.5) is 0 Å². The average Bonchev–Trinajstić information content (AvgIpc) is 2.66. The second-order valence-corrected chi connectivity index (χ2v) is 6.45. The number of nitrogens with one attached hydrogen (secondary N) is 1. The molecule has 7 nitrogen and oxygen atoms in total. The lowest BCUT2D eigenvalue weighted by atomic mass is 9.94. The molecule has 1 heterocycles. The van der Waals surface area contributed by atoms with Crippen LogP contribution in [0.1, 0.15) is 25.5 Å². The standard InChI is InChI=1S/C19H23N3O4S/c1-12(11-24-3)22-13(2)16(18(23)25-4)17(21-19(22)27)14-5-7-15(8-6-14)26-10-9-20/h5-8,12,17H,10-11H2,1-4H3,(H,21,27)/t12-,17-/m0/s1. The number of methoxy groups -OCH3 is 2. The first kappa shape index (κ1) is 20.7. The highest BCUT2D eigenvalue weighted by molar-refractivity contribution is 7.80. The van der Waals surface area contributed by atoms with Crippen molar-refractivity contribution in [3.63, 3.8) is 0 Å². The summed E-state index contributed by atoms with van der Waals surface area (Å²) in [6, 6.07) is 8.60. The maximum absolute atomic E-state index is 12.5. The smallest absolute Gasteiger partial charge is 0.337 e. The molecule has 2 atom stereocenters. The highest BCUT2D eigenvalue weighted by Crippen LogP contribution is 2.33. The predicted molar refractivity (Wildman–Crippen MR) is 104 cm³/mol. The summed E-state index contributed by atoms with van der Waals surface area (Å²) in [6.45, 7) is 4.26. The van der Waals surface area contributed by atoms with Gasteiger partial charge in [0.25, 0.3) is 0 Å². The van der Waals surface area contributed by atoms with E-state index in [0.29, 0.717) is 23.0 Å². The average molecular weight is 389 g/mol. The summed E-state index contributed by atoms with van der Waals surface area (Å²) in [4.78, 5) is 14.4. The molecule has 8 heteroatoms. The van der Waals surface area contributed by atoms with Crippen LogP contribution < -0.4 is 10.1 Å². The number of nitrogens with zero attached hydrogens (tertiary/aromatic N) is 2. The number of hydrogen-bond acceptors (Lipinski definition) is 6. The van der Waals surface area contributed by atoms with E-state index in [0.717, 1.165) is 11.3 Å². The Morgan fingerprint density at radius 3 is 2.59 bits per heavy atom. The fourth-order valence-electron chi connectivity index (χ4n) is 3.10. The number of esters is 1. The van der Waals surface area contributed by atoms with E-state index in [2.05, 4.69) is 5.32 Å². The lowest BCUT2D eigenvalue weighted by Gasteiger charge is -2.40. The van der Waals surface area contributed by atoms with E-state index in [4.69, 9.17) is 31.7 Å². The van der Waals surface area contributed by atoms with Gasteiger partial charge in [0.15, 0.2) is 11.7 Å². The first-order valence-corrected chi connectivity index (χ1v) is 8.82. The van der Waals surface area contributed by atoms with Gasteiger partial charge in [-0.2, -0.15) is 5.26 Å². The number of nitriles is 1. The van der Waals surface area contributed by atoms with E-state index in [1.807, 2.05) is 36.9 Å². The monoisotopic (exact) mass is 389 g/mol. The Bertz CT molecular complexity index is 770. The van der Waals surface area contributed by atoms with E-state index in [1.54, 1.807) is 19.2 Å². The molecule has 0 aromatic heterocycles. The van der Waals surface area contributed by atoms with Crippen molar-refractivity contribution < 1.29 is 19.0 Å². The number of hydrogen-bond donors (Lipinski definition) is 1. The van der Waals surface area contributed by atoms with Crippen molar-refractivity contribution in [1.82, 2.24) is 10.2 Å². The van der Waals surface area contributed by atoms with E-state index in [9.17, 15) is 4.79 Å². The minimum atomic E-state index is -0.444. The molecule has 2 rings (SSSR count). The van der Waals surface area contributed by atoms with E-state index in [1.165, 1.54) is 7.11 Å². The Kier molecular flexibility index (Phi) is 7.16. The van der Waals surface area contributed by atoms with Crippen LogP contribution in [-0.2, 0) is 14.3 Å². The molecule has 0 aliphatic carbocycles. The highest BCUT2D eigenvalue weighted by atomic mass is 32.1. The van der Waals surface area contributed by atoms with Crippen LogP contribution in [0.3, 0.4) is 0 Å². The van der Waals surface area contributed by atoms with Crippen molar-refractivity contribution in [2.24, 2.45) is 0 Å². The Hall–Kier alpha value is -2.63. The third-order valence-electron chi connectivity index (χ3n) is 4.30. The predicted octanol–water partition coefficient (Wildman–Crippen LogP) is 2.30. The normalized spacial score (nSPS) is 17.8. The molecule has 1 aromatic carbocycles. The van der Waals surface area contributed by atoms with Crippen molar-refractivity contribution in [2.45, 2.75) is 25.9 Å². The molecule has 1 N–H and O–H groups in total. The van der Waals surface area contributed by atoms with Gasteiger partial charge in [0.2, 0.25) is 0 Å². The SMILES string of the molecule is COC[C@H](C)N1C(=S)N[C@@H](c2ccc(OCC#N)cc2)C(C(=O)OC)=C1C. The quantitative estimate of drug-likeness (QED) is 0.562. The fourth-order valence-corrected chi connectivity index (χ4v) is 3.53. The zero-order valence-corrected chi connectivity index (χ0v) is 16.6. The van der Waals surface area contributed by atoms with Crippen molar-refractivity contribution in [3.8, 4) is 11.8 Å². The first-order chi connectivity index (χ1) is 12.9. The van der Waals surface area contributed by atoms with Crippen LogP contribution in [-0.4, -0.2) is 49.5 Å². The van der Waals surface area contributed by atoms with Gasteiger partial charge in [-0.15, -0.1) is 0 Å². The number of carbonyl (C=O) groups excluding carboxylic acids is 1. The van der Waals surface area contributed by atoms with Crippen LogP contribution in [0.5, 0.6) is 5.75 Å². The number of thiocarbonyl (C=S) groups is 1. The minimum Gasteiger partial charge on any atom is -0.479 e. The van der Waals surface area contributed by atoms with Gasteiger partial charge in [-0.1, -0.05) is 12.1 Å². The molecule has 0 amide bonds. The molecule has 0 saturated carbocycles. The third kappa shape index (κ3) is 4.56. The van der Waals surface area contributed by atoms with Crippen molar-refractivity contribution in [3.05, 3.63) is 41.1 Å². The van der Waals surface area contributed by atoms with Gasteiger partial charge in [-0.05, 0) is 43.8 Å². The molecule has 144 valence electrons. The van der Waals surface area contributed by atoms with Gasteiger partial charge >= 0.3 is 5.97 Å². The summed E-state index contributed by atoms with van der Waals surface area (Å²) in [7, 11) is 2.98. The molecule has 0 spiro atoms. The van der Waals surface area contributed by atoms with Gasteiger partial charge in [-0.25, -0.2) is 4.79 Å². The molecule has 1 aliphatic rings. The second kappa shape index (κ2) is 9.35. The van der Waals surface area contributed by atoms with Crippen LogP contribution in [0.15, 0.2) is 35.5 Å². The summed E-state index contributed by atoms with van der Waals surface area (Å²) in [5.41, 5.74) is 2.05. The summed E-state index contributed by atoms with van der Waals surface area (Å²) in [5, 5.41) is 12.3. The lowest BCUT2D eigenvalue weighted by Crippen LogP contribution is -2.52. The summed E-state index contributed by atoms with van der Waals surface area (Å²) in [5.74, 6) is 0.154. The van der Waals surface area contributed by atoms with E-state index < -0.39 is 12.0 Å². The van der Waals surface area contributed by atoms with Crippen LogP contribution >= 0.6 is 12.2 Å². The highest BCUT2D eigenvalue weighted by Gasteiger charge is 2.36. The van der Waals surface area contributed by atoms with Gasteiger partial charge in [0.05, 0.1) is 31.4 Å². The molecule has 0 fully saturated rings. The maximum Gasteiger partial charge on any atom is 0.337 e. The zero-order valence-electron chi connectivity index (χ0n) is 15.8. The minimum absolute atomic E-state index is 0.0239. The molecule has 27 heavy (non-hydrogen) atoms. The van der Waals surface area contributed by atoms with E-state index in [-0.39, 0.29) is 12.6 Å². The fraction of sp³-hybridized carbons (Fsp3) is 0.421. The number of benzene rings is 1. The van der Waals surface area contributed by atoms with Crippen molar-refractivity contribution in [2.75, 3.05) is 27.4 Å². The third-order valence-corrected chi connectivity index (χ3v) is 4.61. The number of ether oxygens (including phenoxy) is 3.